The molecule has 0 spiro atoms. The molecule has 0 fully saturated rings. The minimum atomic E-state index is -0.711. The third-order valence-electron chi connectivity index (χ3n) is 3.69. The van der Waals surface area contributed by atoms with Crippen molar-refractivity contribution in [2.75, 3.05) is 0 Å². The second-order valence-electron chi connectivity index (χ2n) is 5.08. The first-order valence-electron chi connectivity index (χ1n) is 6.83. The highest BCUT2D eigenvalue weighted by Crippen LogP contribution is 2.26. The van der Waals surface area contributed by atoms with Crippen molar-refractivity contribution in [3.8, 4) is 0 Å². The molecule has 0 heterocycles. The lowest BCUT2D eigenvalue weighted by atomic mass is 9.95. The lowest BCUT2D eigenvalue weighted by molar-refractivity contribution is 0.525. The number of nitrogens with two attached hydrogens (primary N) is 1. The van der Waals surface area contributed by atoms with Gasteiger partial charge in [-0.05, 0) is 34.9 Å². The maximum Gasteiger partial charge on any atom is 0.130 e. The molecule has 0 amide bonds. The Morgan fingerprint density at radius 2 is 1.43 bits per heavy atom. The summed E-state index contributed by atoms with van der Waals surface area (Å²) in [6.45, 7) is 0. The number of benzene rings is 3. The fraction of sp³-hybridized carbons (Fsp3) is 0.111. The molecule has 3 aromatic rings. The Labute approximate surface area is 122 Å². The van der Waals surface area contributed by atoms with Gasteiger partial charge in [-0.2, -0.15) is 0 Å². The Balaban J connectivity index is 1.99. The van der Waals surface area contributed by atoms with Crippen molar-refractivity contribution in [2.45, 2.75) is 12.5 Å². The van der Waals surface area contributed by atoms with E-state index in [4.69, 9.17) is 5.73 Å². The fourth-order valence-electron chi connectivity index (χ4n) is 2.67. The molecule has 0 aliphatic heterocycles. The average molecular weight is 283 g/mol. The zero-order valence-electron chi connectivity index (χ0n) is 11.4. The Bertz CT molecular complexity index is 758. The summed E-state index contributed by atoms with van der Waals surface area (Å²) in [5, 5.41) is 2.16. The Morgan fingerprint density at radius 3 is 2.19 bits per heavy atom. The van der Waals surface area contributed by atoms with E-state index in [-0.39, 0.29) is 5.56 Å². The van der Waals surface area contributed by atoms with Crippen LogP contribution in [0.3, 0.4) is 0 Å². The molecule has 1 atom stereocenters. The van der Waals surface area contributed by atoms with Crippen molar-refractivity contribution in [2.24, 2.45) is 5.73 Å². The molecule has 0 radical (unpaired) electrons. The molecule has 21 heavy (non-hydrogen) atoms. The van der Waals surface area contributed by atoms with Gasteiger partial charge in [0.2, 0.25) is 0 Å². The molecular formula is C18H15F2N. The molecule has 0 bridgehead atoms. The quantitative estimate of drug-likeness (QED) is 0.759. The summed E-state index contributed by atoms with van der Waals surface area (Å²) in [7, 11) is 0. The van der Waals surface area contributed by atoms with Gasteiger partial charge in [-0.1, -0.05) is 48.5 Å². The van der Waals surface area contributed by atoms with Gasteiger partial charge in [0.1, 0.15) is 11.6 Å². The smallest absolute Gasteiger partial charge is 0.130 e. The van der Waals surface area contributed by atoms with Crippen LogP contribution in [0.15, 0.2) is 60.7 Å². The van der Waals surface area contributed by atoms with Crippen molar-refractivity contribution in [3.63, 3.8) is 0 Å². The maximum absolute atomic E-state index is 13.8. The predicted molar refractivity (Wildman–Crippen MR) is 80.9 cm³/mol. The monoisotopic (exact) mass is 283 g/mol. The van der Waals surface area contributed by atoms with Crippen LogP contribution < -0.4 is 5.73 Å². The molecule has 2 N–H and O–H groups in total. The van der Waals surface area contributed by atoms with Crippen LogP contribution >= 0.6 is 0 Å². The van der Waals surface area contributed by atoms with Crippen molar-refractivity contribution in [1.82, 2.24) is 0 Å². The SMILES string of the molecule is NC(Cc1cccc2ccccc12)c1c(F)cccc1F. The summed E-state index contributed by atoms with van der Waals surface area (Å²) in [6, 6.07) is 16.9. The van der Waals surface area contributed by atoms with Gasteiger partial charge < -0.3 is 5.73 Å². The Hall–Kier alpha value is -2.26. The van der Waals surface area contributed by atoms with Gasteiger partial charge in [0, 0.05) is 11.6 Å². The van der Waals surface area contributed by atoms with E-state index in [0.29, 0.717) is 6.42 Å². The summed E-state index contributed by atoms with van der Waals surface area (Å²) in [5.41, 5.74) is 6.98. The van der Waals surface area contributed by atoms with Gasteiger partial charge in [-0.25, -0.2) is 8.78 Å². The van der Waals surface area contributed by atoms with Crippen molar-refractivity contribution < 1.29 is 8.78 Å². The highest BCUT2D eigenvalue weighted by atomic mass is 19.1. The van der Waals surface area contributed by atoms with Crippen molar-refractivity contribution >= 4 is 10.8 Å². The fourth-order valence-corrected chi connectivity index (χ4v) is 2.67. The van der Waals surface area contributed by atoms with E-state index in [1.54, 1.807) is 0 Å². The van der Waals surface area contributed by atoms with Crippen molar-refractivity contribution in [1.29, 1.82) is 0 Å². The van der Waals surface area contributed by atoms with Gasteiger partial charge in [-0.15, -0.1) is 0 Å². The topological polar surface area (TPSA) is 26.0 Å². The number of fused-ring (bicyclic) bond motifs is 1. The normalized spacial score (nSPS) is 12.5. The second-order valence-corrected chi connectivity index (χ2v) is 5.08. The molecular weight excluding hydrogens is 268 g/mol. The molecule has 106 valence electrons. The van der Waals surface area contributed by atoms with Crippen LogP contribution in [0.25, 0.3) is 10.8 Å². The Kier molecular flexibility index (Phi) is 3.67. The van der Waals surface area contributed by atoms with Crippen LogP contribution in [0, 0.1) is 11.6 Å². The first-order chi connectivity index (χ1) is 10.2. The highest BCUT2D eigenvalue weighted by molar-refractivity contribution is 5.85. The largest absolute Gasteiger partial charge is 0.323 e. The summed E-state index contributed by atoms with van der Waals surface area (Å²) in [4.78, 5) is 0. The molecule has 3 aromatic carbocycles. The molecule has 1 nitrogen and oxygen atoms in total. The van der Waals surface area contributed by atoms with Crippen LogP contribution in [0.2, 0.25) is 0 Å². The number of halogens is 2. The van der Waals surface area contributed by atoms with Crippen molar-refractivity contribution in [3.05, 3.63) is 83.4 Å². The van der Waals surface area contributed by atoms with Gasteiger partial charge in [0.05, 0.1) is 0 Å². The number of hydrogen-bond donors (Lipinski definition) is 1. The van der Waals surface area contributed by atoms with Gasteiger partial charge in [0.15, 0.2) is 0 Å². The minimum absolute atomic E-state index is 0.0505. The van der Waals surface area contributed by atoms with Crippen LogP contribution in [0.1, 0.15) is 17.2 Å². The number of rotatable bonds is 3. The van der Waals surface area contributed by atoms with E-state index in [1.807, 2.05) is 42.5 Å². The molecule has 0 aliphatic rings. The van der Waals surface area contributed by atoms with Crippen LogP contribution in [-0.2, 0) is 6.42 Å². The maximum atomic E-state index is 13.8. The summed E-state index contributed by atoms with van der Waals surface area (Å²) in [6.07, 6.45) is 0.388. The van der Waals surface area contributed by atoms with E-state index < -0.39 is 17.7 Å². The van der Waals surface area contributed by atoms with E-state index in [2.05, 4.69) is 0 Å². The van der Waals surface area contributed by atoms with Gasteiger partial charge in [0.25, 0.3) is 0 Å². The van der Waals surface area contributed by atoms with Crippen LogP contribution in [-0.4, -0.2) is 0 Å². The summed E-state index contributed by atoms with van der Waals surface area (Å²) < 4.78 is 27.6. The summed E-state index contributed by atoms with van der Waals surface area (Å²) in [5.74, 6) is -1.19. The van der Waals surface area contributed by atoms with E-state index in [9.17, 15) is 8.78 Å². The van der Waals surface area contributed by atoms with Crippen LogP contribution in [0.5, 0.6) is 0 Å². The Morgan fingerprint density at radius 1 is 0.810 bits per heavy atom. The zero-order chi connectivity index (χ0) is 14.8. The molecule has 3 rings (SSSR count). The van der Waals surface area contributed by atoms with Gasteiger partial charge >= 0.3 is 0 Å². The van der Waals surface area contributed by atoms with Crippen LogP contribution in [0.4, 0.5) is 8.78 Å². The van der Waals surface area contributed by atoms with Gasteiger partial charge in [-0.3, -0.25) is 0 Å². The molecule has 0 aromatic heterocycles. The lowest BCUT2D eigenvalue weighted by Gasteiger charge is -2.15. The molecule has 0 saturated heterocycles. The zero-order valence-corrected chi connectivity index (χ0v) is 11.4. The molecule has 3 heteroatoms. The first kappa shape index (κ1) is 13.7. The standard InChI is InChI=1S/C18H15F2N/c19-15-9-4-10-16(20)18(15)17(21)11-13-7-3-6-12-5-1-2-8-14(12)13/h1-10,17H,11,21H2. The third kappa shape index (κ3) is 2.65. The van der Waals surface area contributed by atoms with E-state index in [1.165, 1.54) is 18.2 Å². The molecule has 1 unspecified atom stereocenters. The second kappa shape index (κ2) is 5.62. The molecule has 0 aliphatic carbocycles. The summed E-state index contributed by atoms with van der Waals surface area (Å²) >= 11 is 0. The highest BCUT2D eigenvalue weighted by Gasteiger charge is 2.17. The first-order valence-corrected chi connectivity index (χ1v) is 6.83. The third-order valence-corrected chi connectivity index (χ3v) is 3.69. The average Bonchev–Trinajstić information content (AvgIpc) is 2.47. The van der Waals surface area contributed by atoms with E-state index >= 15 is 0 Å². The predicted octanol–water partition coefficient (Wildman–Crippen LogP) is 4.36. The molecule has 0 saturated carbocycles. The minimum Gasteiger partial charge on any atom is -0.323 e. The van der Waals surface area contributed by atoms with E-state index in [0.717, 1.165) is 16.3 Å². The number of hydrogen-bond acceptors (Lipinski definition) is 1. The lowest BCUT2D eigenvalue weighted by Crippen LogP contribution is -2.17.